The normalized spacial score (nSPS) is 14.1. The first kappa shape index (κ1) is 24.9. The second-order valence-electron chi connectivity index (χ2n) is 6.43. The quantitative estimate of drug-likeness (QED) is 0.355. The van der Waals surface area contributed by atoms with Crippen LogP contribution in [-0.2, 0) is 14.6 Å². The van der Waals surface area contributed by atoms with Crippen molar-refractivity contribution in [3.05, 3.63) is 47.2 Å². The smallest absolute Gasteiger partial charge is 0.395 e. The van der Waals surface area contributed by atoms with Gasteiger partial charge in [0.15, 0.2) is 0 Å². The van der Waals surface area contributed by atoms with E-state index in [0.717, 1.165) is 36.4 Å². The number of hydrogen-bond donors (Lipinski definition) is 4. The highest BCUT2D eigenvalue weighted by atomic mass is 35.5. The number of aliphatic hydroxyl groups is 2. The standard InChI is InChI=1S/C18H17ClF4N2O5S/c1-17(28,18(21,22)23)16(27)25-12-6-7-13(15(14(12)19)24-8-9-26)31(29,30)11-4-2-10(20)3-5-11/h2-7,24,26,28H,8-9H2,1H3,(H,25,27). The van der Waals surface area contributed by atoms with Gasteiger partial charge in [-0.2, -0.15) is 13.2 Å². The van der Waals surface area contributed by atoms with Gasteiger partial charge in [-0.25, -0.2) is 12.8 Å². The molecular weight excluding hydrogens is 468 g/mol. The van der Waals surface area contributed by atoms with Gasteiger partial charge in [-0.3, -0.25) is 4.79 Å². The largest absolute Gasteiger partial charge is 0.426 e. The Hall–Kier alpha value is -2.41. The van der Waals surface area contributed by atoms with Gasteiger partial charge < -0.3 is 20.8 Å². The van der Waals surface area contributed by atoms with E-state index in [0.29, 0.717) is 0 Å². The summed E-state index contributed by atoms with van der Waals surface area (Å²) in [7, 11) is -4.27. The molecule has 2 aromatic carbocycles. The number of benzene rings is 2. The van der Waals surface area contributed by atoms with E-state index >= 15 is 0 Å². The van der Waals surface area contributed by atoms with Crippen molar-refractivity contribution in [2.45, 2.75) is 28.5 Å². The maximum atomic E-state index is 13.1. The van der Waals surface area contributed by atoms with Gasteiger partial charge in [0.2, 0.25) is 15.4 Å². The van der Waals surface area contributed by atoms with Crippen LogP contribution in [0.4, 0.5) is 28.9 Å². The van der Waals surface area contributed by atoms with Gasteiger partial charge in [0.1, 0.15) is 5.82 Å². The Bertz CT molecular complexity index is 1070. The summed E-state index contributed by atoms with van der Waals surface area (Å²) in [5, 5.41) is 22.4. The van der Waals surface area contributed by atoms with E-state index in [4.69, 9.17) is 16.7 Å². The molecule has 2 aromatic rings. The third-order valence-electron chi connectivity index (χ3n) is 4.17. The number of amides is 1. The van der Waals surface area contributed by atoms with Gasteiger partial charge in [-0.15, -0.1) is 0 Å². The van der Waals surface area contributed by atoms with E-state index in [1.807, 2.05) is 5.32 Å². The van der Waals surface area contributed by atoms with Crippen molar-refractivity contribution in [2.24, 2.45) is 0 Å². The average Bonchev–Trinajstić information content (AvgIpc) is 2.67. The molecule has 0 heterocycles. The number of sulfone groups is 1. The summed E-state index contributed by atoms with van der Waals surface area (Å²) < 4.78 is 77.7. The predicted octanol–water partition coefficient (Wildman–Crippen LogP) is 2.97. The number of nitrogens with one attached hydrogen (secondary N) is 2. The van der Waals surface area contributed by atoms with Crippen LogP contribution in [0, 0.1) is 5.82 Å². The molecule has 0 aliphatic carbocycles. The number of aliphatic hydroxyl groups excluding tert-OH is 1. The molecule has 0 aromatic heterocycles. The van der Waals surface area contributed by atoms with Crippen LogP contribution in [0.15, 0.2) is 46.2 Å². The number of rotatable bonds is 7. The number of carbonyl (C=O) groups excluding carboxylic acids is 1. The second-order valence-corrected chi connectivity index (χ2v) is 8.73. The third-order valence-corrected chi connectivity index (χ3v) is 6.38. The molecule has 0 aliphatic rings. The Labute approximate surface area is 179 Å². The molecule has 0 fully saturated rings. The van der Waals surface area contributed by atoms with E-state index in [-0.39, 0.29) is 24.1 Å². The fraction of sp³-hybridized carbons (Fsp3) is 0.278. The maximum Gasteiger partial charge on any atom is 0.426 e. The van der Waals surface area contributed by atoms with Crippen molar-refractivity contribution in [3.8, 4) is 0 Å². The van der Waals surface area contributed by atoms with Crippen LogP contribution in [-0.4, -0.2) is 49.5 Å². The van der Waals surface area contributed by atoms with E-state index < -0.39 is 55.6 Å². The van der Waals surface area contributed by atoms with Crippen LogP contribution in [0.1, 0.15) is 6.92 Å². The summed E-state index contributed by atoms with van der Waals surface area (Å²) >= 11 is 6.13. The molecule has 7 nitrogen and oxygen atoms in total. The number of alkyl halides is 3. The first-order valence-corrected chi connectivity index (χ1v) is 10.4. The van der Waals surface area contributed by atoms with Crippen LogP contribution in [0.2, 0.25) is 5.02 Å². The molecule has 1 amide bonds. The molecule has 0 spiro atoms. The fourth-order valence-electron chi connectivity index (χ4n) is 2.34. The summed E-state index contributed by atoms with van der Waals surface area (Å²) in [6, 6.07) is 5.75. The lowest BCUT2D eigenvalue weighted by Gasteiger charge is -2.25. The van der Waals surface area contributed by atoms with Crippen molar-refractivity contribution in [1.82, 2.24) is 0 Å². The Morgan fingerprint density at radius 3 is 2.23 bits per heavy atom. The minimum atomic E-state index is -5.28. The molecule has 1 atom stereocenters. The SMILES string of the molecule is CC(O)(C(=O)Nc1ccc(S(=O)(=O)c2ccc(F)cc2)c(NCCO)c1Cl)C(F)(F)F. The van der Waals surface area contributed by atoms with Crippen molar-refractivity contribution >= 4 is 38.7 Å². The second kappa shape index (κ2) is 8.99. The fourth-order valence-corrected chi connectivity index (χ4v) is 4.11. The van der Waals surface area contributed by atoms with Crippen molar-refractivity contribution in [2.75, 3.05) is 23.8 Å². The van der Waals surface area contributed by atoms with Crippen LogP contribution >= 0.6 is 11.6 Å². The zero-order valence-corrected chi connectivity index (χ0v) is 17.4. The Morgan fingerprint density at radius 1 is 1.13 bits per heavy atom. The molecule has 0 radical (unpaired) electrons. The van der Waals surface area contributed by atoms with Crippen LogP contribution < -0.4 is 10.6 Å². The predicted molar refractivity (Wildman–Crippen MR) is 104 cm³/mol. The first-order valence-electron chi connectivity index (χ1n) is 8.52. The van der Waals surface area contributed by atoms with Crippen molar-refractivity contribution < 1.29 is 41.0 Å². The Morgan fingerprint density at radius 2 is 1.71 bits per heavy atom. The highest BCUT2D eigenvalue weighted by Gasteiger charge is 2.55. The molecular formula is C18H17ClF4N2O5S. The summed E-state index contributed by atoms with van der Waals surface area (Å²) in [6.07, 6.45) is -5.28. The van der Waals surface area contributed by atoms with E-state index in [1.54, 1.807) is 0 Å². The molecule has 4 N–H and O–H groups in total. The minimum absolute atomic E-state index is 0.191. The van der Waals surface area contributed by atoms with E-state index in [2.05, 4.69) is 5.32 Å². The number of hydrogen-bond acceptors (Lipinski definition) is 6. The maximum absolute atomic E-state index is 13.1. The molecule has 1 unspecified atom stereocenters. The lowest BCUT2D eigenvalue weighted by atomic mass is 10.1. The summed E-state index contributed by atoms with van der Waals surface area (Å²) in [4.78, 5) is 11.2. The number of halogens is 5. The molecule has 0 aliphatic heterocycles. The molecule has 13 heteroatoms. The summed E-state index contributed by atoms with van der Waals surface area (Å²) in [5.74, 6) is -2.52. The molecule has 0 bridgehead atoms. The lowest BCUT2D eigenvalue weighted by Crippen LogP contribution is -2.52. The molecule has 0 saturated heterocycles. The lowest BCUT2D eigenvalue weighted by molar-refractivity contribution is -0.242. The van der Waals surface area contributed by atoms with E-state index in [9.17, 15) is 35.9 Å². The topological polar surface area (TPSA) is 116 Å². The summed E-state index contributed by atoms with van der Waals surface area (Å²) in [6.45, 7) is -0.399. The van der Waals surface area contributed by atoms with Gasteiger partial charge in [0.25, 0.3) is 5.91 Å². The van der Waals surface area contributed by atoms with Crippen LogP contribution in [0.25, 0.3) is 0 Å². The monoisotopic (exact) mass is 484 g/mol. The van der Waals surface area contributed by atoms with Gasteiger partial charge in [0, 0.05) is 6.54 Å². The van der Waals surface area contributed by atoms with Gasteiger partial charge in [0.05, 0.1) is 32.8 Å². The Balaban J connectivity index is 2.55. The molecule has 2 rings (SSSR count). The van der Waals surface area contributed by atoms with Crippen LogP contribution in [0.5, 0.6) is 0 Å². The van der Waals surface area contributed by atoms with E-state index in [1.165, 1.54) is 0 Å². The third kappa shape index (κ3) is 5.09. The molecule has 0 saturated carbocycles. The van der Waals surface area contributed by atoms with Gasteiger partial charge in [-0.05, 0) is 43.3 Å². The van der Waals surface area contributed by atoms with Crippen molar-refractivity contribution in [3.63, 3.8) is 0 Å². The van der Waals surface area contributed by atoms with Gasteiger partial charge >= 0.3 is 6.18 Å². The highest BCUT2D eigenvalue weighted by molar-refractivity contribution is 7.91. The number of carbonyl (C=O) groups is 1. The molecule has 170 valence electrons. The zero-order chi connectivity index (χ0) is 23.6. The summed E-state index contributed by atoms with van der Waals surface area (Å²) in [5.41, 5.74) is -4.48. The number of anilines is 2. The zero-order valence-electron chi connectivity index (χ0n) is 15.8. The van der Waals surface area contributed by atoms with Crippen LogP contribution in [0.3, 0.4) is 0 Å². The first-order chi connectivity index (χ1) is 14.2. The minimum Gasteiger partial charge on any atom is -0.395 e. The average molecular weight is 485 g/mol. The molecule has 31 heavy (non-hydrogen) atoms. The Kier molecular flexibility index (Phi) is 7.21. The van der Waals surface area contributed by atoms with Gasteiger partial charge in [-0.1, -0.05) is 11.6 Å². The highest BCUT2D eigenvalue weighted by Crippen LogP contribution is 2.39. The van der Waals surface area contributed by atoms with Crippen molar-refractivity contribution in [1.29, 1.82) is 0 Å².